The van der Waals surface area contributed by atoms with Crippen molar-refractivity contribution < 1.29 is 9.72 Å². The number of primary amides is 1. The molecule has 1 aromatic heterocycles. The van der Waals surface area contributed by atoms with Crippen molar-refractivity contribution in [1.82, 2.24) is 9.55 Å². The van der Waals surface area contributed by atoms with Crippen molar-refractivity contribution in [3.8, 4) is 0 Å². The Morgan fingerprint density at radius 1 is 1.85 bits per heavy atom. The minimum Gasteiger partial charge on any atom is -0.368 e. The molecule has 1 aromatic rings. The van der Waals surface area contributed by atoms with Crippen molar-refractivity contribution in [3.63, 3.8) is 0 Å². The number of rotatable bonds is 3. The first-order valence-corrected chi connectivity index (χ1v) is 3.47. The number of carbonyl (C=O) groups is 1. The number of nitrogens with zero attached hydrogens (tertiary/aromatic N) is 3. The third-order valence-electron chi connectivity index (χ3n) is 1.48. The van der Waals surface area contributed by atoms with Crippen molar-refractivity contribution in [2.24, 2.45) is 5.73 Å². The van der Waals surface area contributed by atoms with Crippen LogP contribution in [0.4, 0.5) is 5.82 Å². The van der Waals surface area contributed by atoms with Gasteiger partial charge in [-0.2, -0.15) is 0 Å². The zero-order valence-electron chi connectivity index (χ0n) is 6.93. The van der Waals surface area contributed by atoms with Crippen LogP contribution in [0.15, 0.2) is 6.20 Å². The van der Waals surface area contributed by atoms with Crippen LogP contribution in [-0.4, -0.2) is 20.4 Å². The molecule has 0 bridgehead atoms. The molecule has 1 amide bonds. The van der Waals surface area contributed by atoms with Crippen LogP contribution in [0.3, 0.4) is 0 Å². The Labute approximate surface area is 73.3 Å². The molecule has 0 unspecified atom stereocenters. The standard InChI is InChI=1S/C6H8N4O3/c1-4-8-6(10(12)13)3-9(4)2-5(7)11/h3H,2H2,1H3,(H2,7,11). The van der Waals surface area contributed by atoms with Crippen LogP contribution in [0.5, 0.6) is 0 Å². The quantitative estimate of drug-likeness (QED) is 0.509. The molecule has 0 aliphatic heterocycles. The van der Waals surface area contributed by atoms with Gasteiger partial charge in [0.15, 0.2) is 0 Å². The maximum absolute atomic E-state index is 10.5. The van der Waals surface area contributed by atoms with Crippen LogP contribution in [0.1, 0.15) is 5.82 Å². The third kappa shape index (κ3) is 2.01. The maximum Gasteiger partial charge on any atom is 0.381 e. The lowest BCUT2D eigenvalue weighted by Crippen LogP contribution is -2.18. The average molecular weight is 184 g/mol. The van der Waals surface area contributed by atoms with Crippen molar-refractivity contribution in [2.45, 2.75) is 13.5 Å². The molecule has 13 heavy (non-hydrogen) atoms. The highest BCUT2D eigenvalue weighted by molar-refractivity contribution is 5.73. The summed E-state index contributed by atoms with van der Waals surface area (Å²) in [5.41, 5.74) is 4.92. The number of imidazole rings is 1. The van der Waals surface area contributed by atoms with E-state index in [4.69, 9.17) is 5.73 Å². The molecular formula is C6H8N4O3. The van der Waals surface area contributed by atoms with Gasteiger partial charge in [0.25, 0.3) is 0 Å². The summed E-state index contributed by atoms with van der Waals surface area (Å²) in [5.74, 6) is -0.445. The highest BCUT2D eigenvalue weighted by atomic mass is 16.6. The van der Waals surface area contributed by atoms with E-state index in [0.29, 0.717) is 5.82 Å². The van der Waals surface area contributed by atoms with Gasteiger partial charge < -0.3 is 15.8 Å². The van der Waals surface area contributed by atoms with Crippen LogP contribution >= 0.6 is 0 Å². The van der Waals surface area contributed by atoms with Crippen LogP contribution in [0.2, 0.25) is 0 Å². The molecular weight excluding hydrogens is 176 g/mol. The lowest BCUT2D eigenvalue weighted by atomic mass is 10.5. The van der Waals surface area contributed by atoms with Gasteiger partial charge in [0.05, 0.1) is 0 Å². The summed E-state index contributed by atoms with van der Waals surface area (Å²) in [6.07, 6.45) is 1.18. The van der Waals surface area contributed by atoms with Gasteiger partial charge in [-0.3, -0.25) is 9.36 Å². The molecule has 0 fully saturated rings. The van der Waals surface area contributed by atoms with Crippen LogP contribution < -0.4 is 5.73 Å². The van der Waals surface area contributed by atoms with E-state index in [1.54, 1.807) is 6.92 Å². The predicted octanol–water partition coefficient (Wildman–Crippen LogP) is -0.415. The summed E-state index contributed by atoms with van der Waals surface area (Å²) in [5, 5.41) is 10.3. The monoisotopic (exact) mass is 184 g/mol. The Bertz CT molecular complexity index is 357. The molecule has 0 saturated carbocycles. The zero-order valence-corrected chi connectivity index (χ0v) is 6.93. The van der Waals surface area contributed by atoms with E-state index < -0.39 is 10.8 Å². The summed E-state index contributed by atoms with van der Waals surface area (Å²) in [4.78, 5) is 23.8. The Morgan fingerprint density at radius 3 is 2.85 bits per heavy atom. The second-order valence-corrected chi connectivity index (χ2v) is 2.50. The largest absolute Gasteiger partial charge is 0.381 e. The molecule has 7 heteroatoms. The minimum atomic E-state index is -0.621. The SMILES string of the molecule is Cc1nc([N+](=O)[O-])cn1CC(N)=O. The number of hydrogen-bond acceptors (Lipinski definition) is 4. The van der Waals surface area contributed by atoms with E-state index in [2.05, 4.69) is 4.98 Å². The summed E-state index contributed by atoms with van der Waals surface area (Å²) in [7, 11) is 0. The first kappa shape index (κ1) is 9.17. The fourth-order valence-electron chi connectivity index (χ4n) is 0.908. The lowest BCUT2D eigenvalue weighted by molar-refractivity contribution is -0.389. The molecule has 1 heterocycles. The molecule has 0 aliphatic rings. The molecule has 0 atom stereocenters. The van der Waals surface area contributed by atoms with Crippen LogP contribution in [-0.2, 0) is 11.3 Å². The van der Waals surface area contributed by atoms with Gasteiger partial charge in [0.1, 0.15) is 12.7 Å². The third-order valence-corrected chi connectivity index (χ3v) is 1.48. The van der Waals surface area contributed by atoms with Gasteiger partial charge in [-0.1, -0.05) is 0 Å². The number of aryl methyl sites for hydroxylation is 1. The Balaban J connectivity index is 2.96. The fourth-order valence-corrected chi connectivity index (χ4v) is 0.908. The number of carbonyl (C=O) groups excluding carboxylic acids is 1. The highest BCUT2D eigenvalue weighted by Gasteiger charge is 2.15. The Hall–Kier alpha value is -1.92. The smallest absolute Gasteiger partial charge is 0.368 e. The zero-order chi connectivity index (χ0) is 10.0. The molecule has 0 aromatic carbocycles. The summed E-state index contributed by atoms with van der Waals surface area (Å²) < 4.78 is 1.33. The van der Waals surface area contributed by atoms with E-state index >= 15 is 0 Å². The van der Waals surface area contributed by atoms with Crippen molar-refractivity contribution >= 4 is 11.7 Å². The summed E-state index contributed by atoms with van der Waals surface area (Å²) in [6, 6.07) is 0. The normalized spacial score (nSPS) is 9.92. The van der Waals surface area contributed by atoms with E-state index in [-0.39, 0.29) is 12.4 Å². The van der Waals surface area contributed by atoms with Crippen molar-refractivity contribution in [3.05, 3.63) is 22.1 Å². The van der Waals surface area contributed by atoms with Gasteiger partial charge in [0, 0.05) is 6.92 Å². The van der Waals surface area contributed by atoms with Gasteiger partial charge >= 0.3 is 5.82 Å². The van der Waals surface area contributed by atoms with Gasteiger partial charge in [-0.15, -0.1) is 0 Å². The molecule has 0 aliphatic carbocycles. The molecule has 0 spiro atoms. The molecule has 0 saturated heterocycles. The van der Waals surface area contributed by atoms with Crippen molar-refractivity contribution in [1.29, 1.82) is 0 Å². The number of hydrogen-bond donors (Lipinski definition) is 1. The number of aromatic nitrogens is 2. The molecule has 2 N–H and O–H groups in total. The first-order valence-electron chi connectivity index (χ1n) is 3.47. The molecule has 7 nitrogen and oxygen atoms in total. The van der Waals surface area contributed by atoms with E-state index in [9.17, 15) is 14.9 Å². The average Bonchev–Trinajstić information content (AvgIpc) is 2.31. The van der Waals surface area contributed by atoms with Crippen LogP contribution in [0, 0.1) is 17.0 Å². The molecule has 1 rings (SSSR count). The summed E-state index contributed by atoms with van der Waals surface area (Å²) in [6.45, 7) is 1.47. The summed E-state index contributed by atoms with van der Waals surface area (Å²) >= 11 is 0. The Morgan fingerprint density at radius 2 is 2.46 bits per heavy atom. The Kier molecular flexibility index (Phi) is 2.27. The topological polar surface area (TPSA) is 104 Å². The number of amides is 1. The second-order valence-electron chi connectivity index (χ2n) is 2.50. The van der Waals surface area contributed by atoms with Crippen LogP contribution in [0.25, 0.3) is 0 Å². The highest BCUT2D eigenvalue weighted by Crippen LogP contribution is 2.09. The van der Waals surface area contributed by atoms with Gasteiger partial charge in [-0.05, 0) is 9.91 Å². The van der Waals surface area contributed by atoms with E-state index in [0.717, 1.165) is 0 Å². The molecule has 70 valence electrons. The fraction of sp³-hybridized carbons (Fsp3) is 0.333. The lowest BCUT2D eigenvalue weighted by Gasteiger charge is -1.95. The van der Waals surface area contributed by atoms with E-state index in [1.165, 1.54) is 10.8 Å². The van der Waals surface area contributed by atoms with Gasteiger partial charge in [-0.25, -0.2) is 0 Å². The van der Waals surface area contributed by atoms with Crippen molar-refractivity contribution in [2.75, 3.05) is 0 Å². The maximum atomic E-state index is 10.5. The van der Waals surface area contributed by atoms with Gasteiger partial charge in [0.2, 0.25) is 11.7 Å². The number of nitro groups is 1. The number of nitrogens with two attached hydrogens (primary N) is 1. The predicted molar refractivity (Wildman–Crippen MR) is 42.8 cm³/mol. The first-order chi connectivity index (χ1) is 6.00. The van der Waals surface area contributed by atoms with E-state index in [1.807, 2.05) is 0 Å². The minimum absolute atomic E-state index is 0.0906. The second kappa shape index (κ2) is 3.21. The molecule has 0 radical (unpaired) electrons.